The summed E-state index contributed by atoms with van der Waals surface area (Å²) in [6.45, 7) is 3.68. The number of aromatic nitrogens is 3. The van der Waals surface area contributed by atoms with Crippen molar-refractivity contribution in [1.82, 2.24) is 20.5 Å². The molecular formula is C15H12N6. The minimum atomic E-state index is -0.381. The molecule has 0 atom stereocenters. The van der Waals surface area contributed by atoms with Crippen LogP contribution in [0.3, 0.4) is 0 Å². The molecule has 1 aliphatic heterocycles. The summed E-state index contributed by atoms with van der Waals surface area (Å²) in [5, 5.41) is 29.6. The van der Waals surface area contributed by atoms with Gasteiger partial charge in [-0.1, -0.05) is 0 Å². The molecule has 1 aliphatic rings. The fraction of sp³-hybridized carbons (Fsp3) is 0.200. The summed E-state index contributed by atoms with van der Waals surface area (Å²) >= 11 is 0. The first-order valence-corrected chi connectivity index (χ1v) is 6.43. The van der Waals surface area contributed by atoms with E-state index in [1.165, 1.54) is 0 Å². The quantitative estimate of drug-likeness (QED) is 0.831. The molecule has 2 aromatic heterocycles. The van der Waals surface area contributed by atoms with Gasteiger partial charge in [-0.15, -0.1) is 0 Å². The third-order valence-corrected chi connectivity index (χ3v) is 3.65. The predicted molar refractivity (Wildman–Crippen MR) is 76.4 cm³/mol. The van der Waals surface area contributed by atoms with Crippen LogP contribution in [0.1, 0.15) is 25.3 Å². The van der Waals surface area contributed by atoms with Gasteiger partial charge in [-0.2, -0.15) is 15.6 Å². The van der Waals surface area contributed by atoms with Gasteiger partial charge in [0.05, 0.1) is 35.4 Å². The zero-order valence-corrected chi connectivity index (χ0v) is 11.6. The van der Waals surface area contributed by atoms with Crippen molar-refractivity contribution in [2.45, 2.75) is 19.8 Å². The molecule has 0 saturated carbocycles. The number of nitriles is 2. The van der Waals surface area contributed by atoms with Crippen LogP contribution >= 0.6 is 0 Å². The van der Waals surface area contributed by atoms with Gasteiger partial charge >= 0.3 is 0 Å². The maximum absolute atomic E-state index is 9.45. The summed E-state index contributed by atoms with van der Waals surface area (Å²) in [5.74, 6) is -0.381. The Morgan fingerprint density at radius 2 is 1.76 bits per heavy atom. The van der Waals surface area contributed by atoms with Crippen molar-refractivity contribution >= 4 is 11.0 Å². The maximum Gasteiger partial charge on any atom is 0.155 e. The molecule has 0 aromatic carbocycles. The average Bonchev–Trinajstić information content (AvgIpc) is 2.93. The van der Waals surface area contributed by atoms with E-state index in [-0.39, 0.29) is 5.92 Å². The topological polar surface area (TPSA) is 101 Å². The zero-order valence-electron chi connectivity index (χ0n) is 11.6. The number of rotatable bonds is 1. The molecule has 6 nitrogen and oxygen atoms in total. The number of fused-ring (bicyclic) bond motifs is 1. The Labute approximate surface area is 121 Å². The van der Waals surface area contributed by atoms with Gasteiger partial charge in [-0.25, -0.2) is 4.98 Å². The van der Waals surface area contributed by atoms with E-state index in [9.17, 15) is 10.5 Å². The van der Waals surface area contributed by atoms with Crippen molar-refractivity contribution in [2.24, 2.45) is 0 Å². The lowest BCUT2D eigenvalue weighted by molar-refractivity contribution is 0.812. The minimum Gasteiger partial charge on any atom is -0.361 e. The van der Waals surface area contributed by atoms with Crippen molar-refractivity contribution < 1.29 is 0 Å². The third-order valence-electron chi connectivity index (χ3n) is 3.65. The number of dihydropyridines is 1. The highest BCUT2D eigenvalue weighted by Crippen LogP contribution is 2.37. The number of hydrogen-bond donors (Lipinski definition) is 2. The fourth-order valence-electron chi connectivity index (χ4n) is 2.63. The molecule has 0 radical (unpaired) electrons. The number of aromatic amines is 1. The first-order chi connectivity index (χ1) is 10.2. The molecule has 0 spiro atoms. The van der Waals surface area contributed by atoms with Gasteiger partial charge in [0, 0.05) is 23.0 Å². The largest absolute Gasteiger partial charge is 0.361 e. The predicted octanol–water partition coefficient (Wildman–Crippen LogP) is 2.24. The molecule has 21 heavy (non-hydrogen) atoms. The summed E-state index contributed by atoms with van der Waals surface area (Å²) in [6.07, 6.45) is 3.36. The molecule has 6 heteroatoms. The van der Waals surface area contributed by atoms with Crippen LogP contribution in [0, 0.1) is 22.7 Å². The van der Waals surface area contributed by atoms with E-state index in [0.717, 1.165) is 22.3 Å². The summed E-state index contributed by atoms with van der Waals surface area (Å²) < 4.78 is 0. The second-order valence-corrected chi connectivity index (χ2v) is 4.94. The zero-order chi connectivity index (χ0) is 15.0. The summed E-state index contributed by atoms with van der Waals surface area (Å²) in [5.41, 5.74) is 4.13. The van der Waals surface area contributed by atoms with Crippen LogP contribution in [-0.2, 0) is 0 Å². The van der Waals surface area contributed by atoms with E-state index in [1.54, 1.807) is 12.4 Å². The molecule has 102 valence electrons. The maximum atomic E-state index is 9.45. The van der Waals surface area contributed by atoms with Crippen molar-refractivity contribution in [3.05, 3.63) is 46.6 Å². The van der Waals surface area contributed by atoms with Gasteiger partial charge in [0.2, 0.25) is 0 Å². The van der Waals surface area contributed by atoms with Crippen molar-refractivity contribution in [1.29, 1.82) is 10.5 Å². The van der Waals surface area contributed by atoms with Crippen LogP contribution in [0.5, 0.6) is 0 Å². The highest BCUT2D eigenvalue weighted by molar-refractivity contribution is 5.75. The molecule has 0 unspecified atom stereocenters. The average molecular weight is 276 g/mol. The van der Waals surface area contributed by atoms with Crippen LogP contribution in [0.25, 0.3) is 11.0 Å². The first-order valence-electron chi connectivity index (χ1n) is 6.43. The molecular weight excluding hydrogens is 264 g/mol. The number of allylic oxidation sites excluding steroid dienone is 4. The van der Waals surface area contributed by atoms with Gasteiger partial charge in [-0.05, 0) is 25.5 Å². The van der Waals surface area contributed by atoms with Crippen molar-refractivity contribution in [3.63, 3.8) is 0 Å². The smallest absolute Gasteiger partial charge is 0.155 e. The minimum absolute atomic E-state index is 0.381. The molecule has 0 fully saturated rings. The SMILES string of the molecule is CC1=C(C#N)C(c2cnc3[nH]ncc3c2)C(C#N)=C(C)N1. The first kappa shape index (κ1) is 12.9. The highest BCUT2D eigenvalue weighted by atomic mass is 15.1. The Bertz CT molecular complexity index is 835. The summed E-state index contributed by atoms with van der Waals surface area (Å²) in [6, 6.07) is 6.33. The number of H-pyrrole nitrogens is 1. The van der Waals surface area contributed by atoms with Gasteiger partial charge in [0.15, 0.2) is 5.65 Å². The Kier molecular flexibility index (Phi) is 2.93. The summed E-state index contributed by atoms with van der Waals surface area (Å²) in [7, 11) is 0. The highest BCUT2D eigenvalue weighted by Gasteiger charge is 2.29. The molecule has 0 bridgehead atoms. The monoisotopic (exact) mass is 276 g/mol. The second kappa shape index (κ2) is 4.77. The van der Waals surface area contributed by atoms with Gasteiger partial charge in [-0.3, -0.25) is 5.10 Å². The van der Waals surface area contributed by atoms with Crippen LogP contribution in [0.4, 0.5) is 0 Å². The standard InChI is InChI=1S/C15H12N6/c1-8-12(4-16)14(13(5-17)9(2)20-8)10-3-11-7-19-21-15(11)18-6-10/h3,6-7,14,20H,1-2H3,(H,18,19,21). The molecule has 0 saturated heterocycles. The van der Waals surface area contributed by atoms with Crippen LogP contribution in [0.15, 0.2) is 41.0 Å². The van der Waals surface area contributed by atoms with E-state index in [1.807, 2.05) is 19.9 Å². The number of nitrogens with one attached hydrogen (secondary N) is 2. The lowest BCUT2D eigenvalue weighted by Crippen LogP contribution is -2.23. The molecule has 2 aromatic rings. The lowest BCUT2D eigenvalue weighted by atomic mass is 9.82. The van der Waals surface area contributed by atoms with Crippen LogP contribution in [0.2, 0.25) is 0 Å². The molecule has 3 heterocycles. The molecule has 0 amide bonds. The number of hydrogen-bond acceptors (Lipinski definition) is 5. The second-order valence-electron chi connectivity index (χ2n) is 4.94. The van der Waals surface area contributed by atoms with Crippen molar-refractivity contribution in [3.8, 4) is 12.1 Å². The van der Waals surface area contributed by atoms with E-state index < -0.39 is 0 Å². The lowest BCUT2D eigenvalue weighted by Gasteiger charge is -2.25. The van der Waals surface area contributed by atoms with E-state index >= 15 is 0 Å². The number of nitrogens with zero attached hydrogens (tertiary/aromatic N) is 4. The molecule has 0 aliphatic carbocycles. The Hall–Kier alpha value is -3.12. The molecule has 2 N–H and O–H groups in total. The van der Waals surface area contributed by atoms with E-state index in [2.05, 4.69) is 32.6 Å². The van der Waals surface area contributed by atoms with Gasteiger partial charge in [0.25, 0.3) is 0 Å². The fourth-order valence-corrected chi connectivity index (χ4v) is 2.63. The normalized spacial score (nSPS) is 15.8. The van der Waals surface area contributed by atoms with E-state index in [4.69, 9.17) is 0 Å². The van der Waals surface area contributed by atoms with Gasteiger partial charge in [0.1, 0.15) is 0 Å². The Morgan fingerprint density at radius 1 is 1.10 bits per heavy atom. The van der Waals surface area contributed by atoms with E-state index in [0.29, 0.717) is 16.8 Å². The molecule has 3 rings (SSSR count). The van der Waals surface area contributed by atoms with Crippen LogP contribution < -0.4 is 5.32 Å². The Morgan fingerprint density at radius 3 is 2.38 bits per heavy atom. The Balaban J connectivity index is 2.22. The van der Waals surface area contributed by atoms with Crippen LogP contribution in [-0.4, -0.2) is 15.2 Å². The number of pyridine rings is 1. The summed E-state index contributed by atoms with van der Waals surface area (Å²) in [4.78, 5) is 4.30. The van der Waals surface area contributed by atoms with Gasteiger partial charge < -0.3 is 5.32 Å². The van der Waals surface area contributed by atoms with Crippen molar-refractivity contribution in [2.75, 3.05) is 0 Å². The third kappa shape index (κ3) is 1.94.